The minimum absolute atomic E-state index is 0.00542. The molecular weight excluding hydrogens is 376 g/mol. The van der Waals surface area contributed by atoms with Crippen molar-refractivity contribution in [2.24, 2.45) is 7.05 Å². The molecule has 136 valence electrons. The van der Waals surface area contributed by atoms with Gasteiger partial charge in [0.1, 0.15) is 5.78 Å². The lowest BCUT2D eigenvalue weighted by molar-refractivity contribution is -0.116. The van der Waals surface area contributed by atoms with Crippen molar-refractivity contribution in [1.29, 1.82) is 0 Å². The molecule has 3 aromatic rings. The number of imidazole rings is 1. The molecule has 1 atom stereocenters. The highest BCUT2D eigenvalue weighted by molar-refractivity contribution is 8.00. The maximum Gasteiger partial charge on any atom is 0.329 e. The monoisotopic (exact) mass is 392 g/mol. The number of fused-ring (bicyclic) bond motifs is 1. The number of nitrogens with one attached hydrogen (secondary N) is 1. The third-order valence-electron chi connectivity index (χ3n) is 4.11. The second kappa shape index (κ2) is 7.13. The lowest BCUT2D eigenvalue weighted by Crippen LogP contribution is -2.29. The van der Waals surface area contributed by atoms with E-state index in [2.05, 4.69) is 9.97 Å². The van der Waals surface area contributed by atoms with E-state index < -0.39 is 11.2 Å². The van der Waals surface area contributed by atoms with Gasteiger partial charge in [-0.1, -0.05) is 41.6 Å². The Bertz CT molecular complexity index is 1120. The SMILES string of the molecule is CC(=O)C(C)Sc1nc2c(c(=O)[nH]c(=O)n2C)n1Cc1ccccc1Cl. The molecule has 0 saturated carbocycles. The highest BCUT2D eigenvalue weighted by Gasteiger charge is 2.21. The molecule has 26 heavy (non-hydrogen) atoms. The smallest absolute Gasteiger partial charge is 0.309 e. The average molecular weight is 393 g/mol. The number of thioether (sulfide) groups is 1. The van der Waals surface area contributed by atoms with Crippen molar-refractivity contribution in [1.82, 2.24) is 19.1 Å². The molecule has 0 bridgehead atoms. The van der Waals surface area contributed by atoms with Crippen molar-refractivity contribution in [2.45, 2.75) is 30.8 Å². The Hall–Kier alpha value is -2.32. The van der Waals surface area contributed by atoms with Crippen molar-refractivity contribution in [3.63, 3.8) is 0 Å². The van der Waals surface area contributed by atoms with Gasteiger partial charge in [-0.05, 0) is 25.5 Å². The average Bonchev–Trinajstić information content (AvgIpc) is 2.93. The number of carbonyl (C=O) groups is 1. The zero-order chi connectivity index (χ0) is 19.0. The fourth-order valence-electron chi connectivity index (χ4n) is 2.49. The van der Waals surface area contributed by atoms with Crippen molar-refractivity contribution in [3.05, 3.63) is 55.7 Å². The van der Waals surface area contributed by atoms with E-state index >= 15 is 0 Å². The molecule has 2 heterocycles. The summed E-state index contributed by atoms with van der Waals surface area (Å²) in [5, 5.41) is 0.702. The summed E-state index contributed by atoms with van der Waals surface area (Å²) >= 11 is 7.50. The summed E-state index contributed by atoms with van der Waals surface area (Å²) in [5.41, 5.74) is 0.277. The number of carbonyl (C=O) groups excluding carboxylic acids is 1. The second-order valence-corrected chi connectivity index (χ2v) is 7.65. The first-order valence-electron chi connectivity index (χ1n) is 7.89. The van der Waals surface area contributed by atoms with E-state index in [0.717, 1.165) is 5.56 Å². The molecule has 1 aromatic carbocycles. The van der Waals surface area contributed by atoms with Crippen LogP contribution >= 0.6 is 23.4 Å². The fourth-order valence-corrected chi connectivity index (χ4v) is 3.59. The zero-order valence-electron chi connectivity index (χ0n) is 14.4. The summed E-state index contributed by atoms with van der Waals surface area (Å²) in [4.78, 5) is 42.8. The Morgan fingerprint density at radius 2 is 2.04 bits per heavy atom. The van der Waals surface area contributed by atoms with E-state index in [-0.39, 0.29) is 22.2 Å². The van der Waals surface area contributed by atoms with E-state index in [4.69, 9.17) is 11.6 Å². The van der Waals surface area contributed by atoms with E-state index in [9.17, 15) is 14.4 Å². The largest absolute Gasteiger partial charge is 0.329 e. The molecule has 9 heteroatoms. The number of hydrogen-bond donors (Lipinski definition) is 1. The van der Waals surface area contributed by atoms with Crippen LogP contribution in [0.4, 0.5) is 0 Å². The molecule has 0 saturated heterocycles. The van der Waals surface area contributed by atoms with Crippen molar-refractivity contribution in [3.8, 4) is 0 Å². The molecule has 0 aliphatic heterocycles. The maximum atomic E-state index is 12.4. The van der Waals surface area contributed by atoms with Crippen molar-refractivity contribution in [2.75, 3.05) is 0 Å². The molecular formula is C17H17ClN4O3S. The van der Waals surface area contributed by atoms with Crippen LogP contribution < -0.4 is 11.2 Å². The molecule has 3 rings (SSSR count). The molecule has 0 radical (unpaired) electrons. The van der Waals surface area contributed by atoms with Crippen molar-refractivity contribution >= 4 is 40.3 Å². The maximum absolute atomic E-state index is 12.4. The van der Waals surface area contributed by atoms with Crippen molar-refractivity contribution < 1.29 is 4.79 Å². The van der Waals surface area contributed by atoms with E-state index in [1.165, 1.54) is 30.3 Å². The predicted octanol–water partition coefficient (Wildman–Crippen LogP) is 2.19. The number of ketones is 1. The first-order chi connectivity index (χ1) is 12.3. The van der Waals surface area contributed by atoms with Crippen LogP contribution in [0, 0.1) is 0 Å². The normalized spacial score (nSPS) is 12.5. The number of H-pyrrole nitrogens is 1. The number of benzene rings is 1. The van der Waals surface area contributed by atoms with Gasteiger partial charge in [0.25, 0.3) is 5.56 Å². The van der Waals surface area contributed by atoms with Gasteiger partial charge >= 0.3 is 5.69 Å². The first kappa shape index (κ1) is 18.5. The number of aryl methyl sites for hydroxylation is 1. The second-order valence-electron chi connectivity index (χ2n) is 5.93. The summed E-state index contributed by atoms with van der Waals surface area (Å²) in [6.45, 7) is 3.57. The Balaban J connectivity index is 2.25. The standard InChI is InChI=1S/C17H17ClN4O3S/c1-9(23)10(2)26-17-19-14-13(15(24)20-16(25)21(14)3)22(17)8-11-6-4-5-7-12(11)18/h4-7,10H,8H2,1-3H3,(H,20,24,25). The molecule has 0 amide bonds. The Labute approximate surface area is 158 Å². The lowest BCUT2D eigenvalue weighted by atomic mass is 10.2. The fraction of sp³-hybridized carbons (Fsp3) is 0.294. The molecule has 1 N–H and O–H groups in total. The molecule has 0 aliphatic carbocycles. The van der Waals surface area contributed by atoms with Gasteiger partial charge in [-0.25, -0.2) is 9.78 Å². The number of Topliss-reactive ketones (excluding diaryl/α,β-unsaturated/α-hetero) is 1. The van der Waals surface area contributed by atoms with Gasteiger partial charge < -0.3 is 4.57 Å². The van der Waals surface area contributed by atoms with Crippen LogP contribution in [0.3, 0.4) is 0 Å². The van der Waals surface area contributed by atoms with Gasteiger partial charge in [-0.2, -0.15) is 0 Å². The first-order valence-corrected chi connectivity index (χ1v) is 9.15. The molecule has 2 aromatic heterocycles. The lowest BCUT2D eigenvalue weighted by Gasteiger charge is -2.12. The number of rotatable bonds is 5. The minimum atomic E-state index is -0.541. The Kier molecular flexibility index (Phi) is 5.06. The quantitative estimate of drug-likeness (QED) is 0.672. The highest BCUT2D eigenvalue weighted by Crippen LogP contribution is 2.28. The van der Waals surface area contributed by atoms with Crippen LogP contribution in [-0.4, -0.2) is 30.1 Å². The van der Waals surface area contributed by atoms with Gasteiger partial charge in [0.05, 0.1) is 11.8 Å². The van der Waals surface area contributed by atoms with Crippen LogP contribution in [0.15, 0.2) is 39.0 Å². The molecule has 1 unspecified atom stereocenters. The van der Waals surface area contributed by atoms with Crippen LogP contribution in [0.2, 0.25) is 5.02 Å². The van der Waals surface area contributed by atoms with Crippen LogP contribution in [0.25, 0.3) is 11.2 Å². The number of aromatic amines is 1. The summed E-state index contributed by atoms with van der Waals surface area (Å²) < 4.78 is 2.97. The topological polar surface area (TPSA) is 89.8 Å². The van der Waals surface area contributed by atoms with Crippen LogP contribution in [-0.2, 0) is 18.4 Å². The zero-order valence-corrected chi connectivity index (χ0v) is 16.0. The van der Waals surface area contributed by atoms with Gasteiger partial charge in [0, 0.05) is 12.1 Å². The van der Waals surface area contributed by atoms with Gasteiger partial charge in [0.2, 0.25) is 0 Å². The summed E-state index contributed by atoms with van der Waals surface area (Å²) in [6, 6.07) is 7.29. The van der Waals surface area contributed by atoms with Crippen LogP contribution in [0.5, 0.6) is 0 Å². The van der Waals surface area contributed by atoms with Crippen LogP contribution in [0.1, 0.15) is 19.4 Å². The highest BCUT2D eigenvalue weighted by atomic mass is 35.5. The molecule has 0 fully saturated rings. The predicted molar refractivity (Wildman–Crippen MR) is 102 cm³/mol. The number of nitrogens with zero attached hydrogens (tertiary/aromatic N) is 3. The third kappa shape index (κ3) is 3.34. The number of halogens is 1. The van der Waals surface area contributed by atoms with E-state index in [1.54, 1.807) is 17.6 Å². The van der Waals surface area contributed by atoms with E-state index in [0.29, 0.717) is 16.7 Å². The van der Waals surface area contributed by atoms with E-state index in [1.807, 2.05) is 18.2 Å². The molecule has 7 nitrogen and oxygen atoms in total. The van der Waals surface area contributed by atoms with Gasteiger partial charge in [-0.15, -0.1) is 0 Å². The molecule has 0 aliphatic rings. The Morgan fingerprint density at radius 1 is 1.35 bits per heavy atom. The minimum Gasteiger partial charge on any atom is -0.309 e. The third-order valence-corrected chi connectivity index (χ3v) is 5.69. The summed E-state index contributed by atoms with van der Waals surface area (Å²) in [7, 11) is 1.54. The Morgan fingerprint density at radius 3 is 2.69 bits per heavy atom. The summed E-state index contributed by atoms with van der Waals surface area (Å²) in [5.74, 6) is -0.00542. The number of hydrogen-bond acceptors (Lipinski definition) is 5. The van der Waals surface area contributed by atoms with Gasteiger partial charge in [-0.3, -0.25) is 19.1 Å². The summed E-state index contributed by atoms with van der Waals surface area (Å²) in [6.07, 6.45) is 0. The van der Waals surface area contributed by atoms with Gasteiger partial charge in [0.15, 0.2) is 16.3 Å². The molecule has 0 spiro atoms. The number of aromatic nitrogens is 4.